The Hall–Kier alpha value is -3.16. The third kappa shape index (κ3) is 3.99. The summed E-state index contributed by atoms with van der Waals surface area (Å²) in [6.07, 6.45) is 2.94. The maximum atomic E-state index is 13.6. The Morgan fingerprint density at radius 1 is 1.15 bits per heavy atom. The zero-order valence-electron chi connectivity index (χ0n) is 19.4. The molecule has 2 aromatic heterocycles. The van der Waals surface area contributed by atoms with Crippen molar-refractivity contribution in [2.24, 2.45) is 7.05 Å². The molecule has 6 nitrogen and oxygen atoms in total. The van der Waals surface area contributed by atoms with Crippen molar-refractivity contribution in [2.45, 2.75) is 32.2 Å². The number of thiophene rings is 1. The van der Waals surface area contributed by atoms with Crippen LogP contribution < -0.4 is 15.6 Å². The number of hydrogen-bond acceptors (Lipinski definition) is 5. The lowest BCUT2D eigenvalue weighted by Crippen LogP contribution is -2.30. The van der Waals surface area contributed by atoms with Crippen LogP contribution in [0, 0.1) is 0 Å². The lowest BCUT2D eigenvalue weighted by Gasteiger charge is -2.26. The summed E-state index contributed by atoms with van der Waals surface area (Å²) in [6.45, 7) is 3.15. The fraction of sp³-hybridized carbons (Fsp3) is 0.333. The predicted molar refractivity (Wildman–Crippen MR) is 136 cm³/mol. The molecule has 1 N–H and O–H groups in total. The van der Waals surface area contributed by atoms with Crippen LogP contribution in [0.3, 0.4) is 0 Å². The molecule has 0 saturated heterocycles. The number of fused-ring (bicyclic) bond motifs is 4. The molecule has 1 aliphatic carbocycles. The SMILES string of the molecule is CCOCCOc1c(C(=O)NC2CCCc3ccccc32)sc2c1c(=O)n(C)c1ccccc21. The molecule has 1 amide bonds. The molecule has 5 rings (SSSR count). The molecule has 2 heterocycles. The van der Waals surface area contributed by atoms with E-state index in [4.69, 9.17) is 9.47 Å². The predicted octanol–water partition coefficient (Wildman–Crippen LogP) is 4.98. The van der Waals surface area contributed by atoms with E-state index in [1.807, 2.05) is 43.3 Å². The van der Waals surface area contributed by atoms with Gasteiger partial charge in [0.15, 0.2) is 5.75 Å². The summed E-state index contributed by atoms with van der Waals surface area (Å²) in [6, 6.07) is 16.0. The summed E-state index contributed by atoms with van der Waals surface area (Å²) in [4.78, 5) is 27.4. The second-order valence-electron chi connectivity index (χ2n) is 8.51. The average Bonchev–Trinajstić information content (AvgIpc) is 3.25. The summed E-state index contributed by atoms with van der Waals surface area (Å²) in [5, 5.41) is 4.62. The number of amides is 1. The first-order valence-corrected chi connectivity index (χ1v) is 12.5. The Morgan fingerprint density at radius 2 is 1.94 bits per heavy atom. The number of carbonyl (C=O) groups is 1. The Morgan fingerprint density at radius 3 is 2.79 bits per heavy atom. The van der Waals surface area contributed by atoms with Crippen molar-refractivity contribution in [3.63, 3.8) is 0 Å². The third-order valence-electron chi connectivity index (χ3n) is 6.45. The van der Waals surface area contributed by atoms with E-state index < -0.39 is 0 Å². The van der Waals surface area contributed by atoms with Crippen LogP contribution >= 0.6 is 11.3 Å². The number of pyridine rings is 1. The van der Waals surface area contributed by atoms with E-state index in [1.165, 1.54) is 22.5 Å². The third-order valence-corrected chi connectivity index (χ3v) is 7.66. The Balaban J connectivity index is 1.59. The molecule has 0 saturated carbocycles. The van der Waals surface area contributed by atoms with Crippen molar-refractivity contribution >= 4 is 38.2 Å². The fourth-order valence-corrected chi connectivity index (χ4v) is 5.97. The molecule has 7 heteroatoms. The van der Waals surface area contributed by atoms with Gasteiger partial charge in [-0.2, -0.15) is 0 Å². The summed E-state index contributed by atoms with van der Waals surface area (Å²) >= 11 is 1.33. The van der Waals surface area contributed by atoms with Crippen molar-refractivity contribution in [3.05, 3.63) is 74.9 Å². The van der Waals surface area contributed by atoms with E-state index in [2.05, 4.69) is 17.4 Å². The first-order valence-electron chi connectivity index (χ1n) is 11.7. The van der Waals surface area contributed by atoms with E-state index >= 15 is 0 Å². The van der Waals surface area contributed by atoms with Crippen molar-refractivity contribution in [3.8, 4) is 5.75 Å². The normalized spacial score (nSPS) is 15.4. The van der Waals surface area contributed by atoms with E-state index in [1.54, 1.807) is 11.6 Å². The molecule has 0 fully saturated rings. The highest BCUT2D eigenvalue weighted by Crippen LogP contribution is 2.40. The van der Waals surface area contributed by atoms with Crippen LogP contribution in [-0.2, 0) is 18.2 Å². The lowest BCUT2D eigenvalue weighted by molar-refractivity contribution is 0.0923. The molecule has 0 radical (unpaired) electrons. The summed E-state index contributed by atoms with van der Waals surface area (Å²) in [5.41, 5.74) is 3.11. The Bertz CT molecular complexity index is 1420. The van der Waals surface area contributed by atoms with Gasteiger partial charge in [0.1, 0.15) is 16.9 Å². The molecule has 176 valence electrons. The number of hydrogen-bond donors (Lipinski definition) is 1. The van der Waals surface area contributed by atoms with Gasteiger partial charge in [0.25, 0.3) is 11.5 Å². The minimum atomic E-state index is -0.208. The Labute approximate surface area is 202 Å². The van der Waals surface area contributed by atoms with Crippen LogP contribution in [0.25, 0.3) is 21.0 Å². The number of aromatic nitrogens is 1. The second kappa shape index (κ2) is 9.60. The monoisotopic (exact) mass is 476 g/mol. The van der Waals surface area contributed by atoms with E-state index in [-0.39, 0.29) is 24.1 Å². The number of rotatable bonds is 7. The highest BCUT2D eigenvalue weighted by Gasteiger charge is 2.28. The van der Waals surface area contributed by atoms with Crippen LogP contribution in [0.1, 0.15) is 46.6 Å². The highest BCUT2D eigenvalue weighted by atomic mass is 32.1. The summed E-state index contributed by atoms with van der Waals surface area (Å²) in [7, 11) is 1.75. The van der Waals surface area contributed by atoms with Gasteiger partial charge in [-0.1, -0.05) is 42.5 Å². The first-order chi connectivity index (χ1) is 16.6. The lowest BCUT2D eigenvalue weighted by atomic mass is 9.88. The van der Waals surface area contributed by atoms with Gasteiger partial charge in [-0.3, -0.25) is 9.59 Å². The van der Waals surface area contributed by atoms with Gasteiger partial charge in [0.05, 0.1) is 22.9 Å². The molecule has 0 aliphatic heterocycles. The highest BCUT2D eigenvalue weighted by molar-refractivity contribution is 7.22. The minimum Gasteiger partial charge on any atom is -0.489 e. The topological polar surface area (TPSA) is 69.6 Å². The van der Waals surface area contributed by atoms with Crippen molar-refractivity contribution in [2.75, 3.05) is 19.8 Å². The number of nitrogens with one attached hydrogen (secondary N) is 1. The molecule has 1 atom stereocenters. The molecule has 0 spiro atoms. The molecule has 34 heavy (non-hydrogen) atoms. The van der Waals surface area contributed by atoms with Gasteiger partial charge in [0, 0.05) is 19.0 Å². The smallest absolute Gasteiger partial charge is 0.265 e. The maximum absolute atomic E-state index is 13.6. The van der Waals surface area contributed by atoms with Crippen LogP contribution in [-0.4, -0.2) is 30.3 Å². The van der Waals surface area contributed by atoms with Gasteiger partial charge < -0.3 is 19.4 Å². The molecule has 2 aromatic carbocycles. The molecule has 0 bridgehead atoms. The summed E-state index contributed by atoms with van der Waals surface area (Å²) < 4.78 is 13.9. The van der Waals surface area contributed by atoms with Gasteiger partial charge >= 0.3 is 0 Å². The molecular weight excluding hydrogens is 448 g/mol. The number of benzene rings is 2. The van der Waals surface area contributed by atoms with Crippen molar-refractivity contribution < 1.29 is 14.3 Å². The van der Waals surface area contributed by atoms with E-state index in [0.29, 0.717) is 29.2 Å². The van der Waals surface area contributed by atoms with E-state index in [0.717, 1.165) is 34.9 Å². The quantitative estimate of drug-likeness (QED) is 0.382. The first kappa shape index (κ1) is 22.6. The fourth-order valence-electron chi connectivity index (χ4n) is 4.80. The van der Waals surface area contributed by atoms with Gasteiger partial charge in [-0.15, -0.1) is 11.3 Å². The number of carbonyl (C=O) groups excluding carboxylic acids is 1. The summed E-state index contributed by atoms with van der Waals surface area (Å²) in [5.74, 6) is 0.146. The van der Waals surface area contributed by atoms with Gasteiger partial charge in [-0.25, -0.2) is 0 Å². The zero-order valence-corrected chi connectivity index (χ0v) is 20.2. The van der Waals surface area contributed by atoms with Crippen LogP contribution in [0.2, 0.25) is 0 Å². The largest absolute Gasteiger partial charge is 0.489 e. The maximum Gasteiger partial charge on any atom is 0.265 e. The Kier molecular flexibility index (Phi) is 6.39. The van der Waals surface area contributed by atoms with Crippen molar-refractivity contribution in [1.82, 2.24) is 9.88 Å². The van der Waals surface area contributed by atoms with Gasteiger partial charge in [0.2, 0.25) is 0 Å². The van der Waals surface area contributed by atoms with Crippen molar-refractivity contribution in [1.29, 1.82) is 0 Å². The van der Waals surface area contributed by atoms with Crippen LogP contribution in [0.15, 0.2) is 53.3 Å². The molecular formula is C27H28N2O4S. The molecule has 1 unspecified atom stereocenters. The zero-order chi connectivity index (χ0) is 23.7. The second-order valence-corrected chi connectivity index (χ2v) is 9.53. The molecule has 1 aliphatic rings. The van der Waals surface area contributed by atoms with Gasteiger partial charge in [-0.05, 0) is 43.4 Å². The number of para-hydroxylation sites is 1. The number of nitrogens with zero attached hydrogens (tertiary/aromatic N) is 1. The number of ether oxygens (including phenoxy) is 2. The average molecular weight is 477 g/mol. The standard InChI is InChI=1S/C27H28N2O4S/c1-3-32-15-16-33-23-22-24(19-12-6-7-14-21(19)29(2)27(22)31)34-25(23)26(30)28-20-13-8-10-17-9-4-5-11-18(17)20/h4-7,9,11-12,14,20H,3,8,10,13,15-16H2,1-2H3,(H,28,30). The van der Waals surface area contributed by atoms with Crippen LogP contribution in [0.5, 0.6) is 5.75 Å². The van der Waals surface area contributed by atoms with Crippen LogP contribution in [0.4, 0.5) is 0 Å². The van der Waals surface area contributed by atoms with E-state index in [9.17, 15) is 9.59 Å². The minimum absolute atomic E-state index is 0.0569. The number of aryl methyl sites for hydroxylation is 2. The molecule has 4 aromatic rings.